The third-order valence-corrected chi connectivity index (χ3v) is 5.15. The molecular formula is C24H35N5S. The van der Waals surface area contributed by atoms with Gasteiger partial charge < -0.3 is 11.5 Å². The van der Waals surface area contributed by atoms with Crippen molar-refractivity contribution < 1.29 is 0 Å². The lowest BCUT2D eigenvalue weighted by molar-refractivity contribution is 0.957. The maximum Gasteiger partial charge on any atom is 0.170 e. The number of nitrogens with one attached hydrogen (secondary N) is 1. The van der Waals surface area contributed by atoms with Gasteiger partial charge in [0.15, 0.2) is 5.84 Å². The van der Waals surface area contributed by atoms with Gasteiger partial charge >= 0.3 is 0 Å². The number of rotatable bonds is 11. The molecule has 30 heavy (non-hydrogen) atoms. The highest BCUT2D eigenvalue weighted by atomic mass is 32.2. The summed E-state index contributed by atoms with van der Waals surface area (Å²) >= 11 is 1.50. The van der Waals surface area contributed by atoms with Crippen LogP contribution in [-0.4, -0.2) is 24.8 Å². The smallest absolute Gasteiger partial charge is 0.170 e. The number of thioether (sulfide) groups is 1. The van der Waals surface area contributed by atoms with Crippen molar-refractivity contribution in [3.8, 4) is 0 Å². The predicted molar refractivity (Wildman–Crippen MR) is 137 cm³/mol. The third kappa shape index (κ3) is 9.67. The van der Waals surface area contributed by atoms with Crippen molar-refractivity contribution in [3.05, 3.63) is 82.0 Å². The first kappa shape index (κ1) is 27.3. The van der Waals surface area contributed by atoms with Crippen molar-refractivity contribution >= 4 is 30.0 Å². The molecule has 0 rings (SSSR count). The fourth-order valence-corrected chi connectivity index (χ4v) is 3.13. The minimum atomic E-state index is -0.102. The van der Waals surface area contributed by atoms with E-state index in [1.165, 1.54) is 11.8 Å². The molecule has 0 aromatic carbocycles. The zero-order chi connectivity index (χ0) is 23.1. The second-order valence-electron chi connectivity index (χ2n) is 6.46. The van der Waals surface area contributed by atoms with Gasteiger partial charge in [0.25, 0.3) is 0 Å². The fourth-order valence-electron chi connectivity index (χ4n) is 2.24. The van der Waals surface area contributed by atoms with Crippen molar-refractivity contribution in [1.29, 1.82) is 5.41 Å². The van der Waals surface area contributed by atoms with Crippen LogP contribution in [0.1, 0.15) is 34.6 Å². The quantitative estimate of drug-likeness (QED) is 0.226. The monoisotopic (exact) mass is 425 g/mol. The highest BCUT2D eigenvalue weighted by molar-refractivity contribution is 8.07. The summed E-state index contributed by atoms with van der Waals surface area (Å²) in [5, 5.41) is 8.43. The van der Waals surface area contributed by atoms with Gasteiger partial charge in [-0.3, -0.25) is 10.4 Å². The molecule has 0 heterocycles. The van der Waals surface area contributed by atoms with Gasteiger partial charge in [-0.2, -0.15) is 0 Å². The normalized spacial score (nSPS) is 15.7. The summed E-state index contributed by atoms with van der Waals surface area (Å²) in [7, 11) is 0. The third-order valence-electron chi connectivity index (χ3n) is 4.00. The standard InChI is InChI=1S/C24H35N5S/c1-8-11-18(5)23(28-13-12-17(4)9-2)24(27)29-16-19(6)21(15-26)22(10-3)30-20(7)14-25/h8-13,15-16,19,27H,2,7,14,25-26H2,1,3-6H3/b11-8-,17-12+,21-15-,22-10+,23-18+,27-24?,28-13-,29-16?. The Morgan fingerprint density at radius 2 is 1.90 bits per heavy atom. The molecule has 0 radical (unpaired) electrons. The van der Waals surface area contributed by atoms with Crippen molar-refractivity contribution in [2.24, 2.45) is 27.4 Å². The first-order chi connectivity index (χ1) is 14.2. The van der Waals surface area contributed by atoms with Crippen LogP contribution >= 0.6 is 11.8 Å². The molecule has 0 bridgehead atoms. The second kappa shape index (κ2) is 15.2. The average Bonchev–Trinajstić information content (AvgIpc) is 2.74. The van der Waals surface area contributed by atoms with Crippen LogP contribution in [0.15, 0.2) is 91.9 Å². The lowest BCUT2D eigenvalue weighted by Gasteiger charge is -2.15. The number of aliphatic imine (C=N–C) groups is 2. The van der Waals surface area contributed by atoms with Crippen LogP contribution < -0.4 is 11.5 Å². The SMILES string of the molecule is C=C/C(C)=C/C=N\C(C(=N)N=CC(C)C(=C/N)/C(=C\C)SC(=C)CN)=C(C)\C=C/C. The topological polar surface area (TPSA) is 101 Å². The minimum Gasteiger partial charge on any atom is -0.404 e. The summed E-state index contributed by atoms with van der Waals surface area (Å²) in [6.45, 7) is 17.7. The molecule has 0 saturated carbocycles. The van der Waals surface area contributed by atoms with E-state index in [4.69, 9.17) is 16.9 Å². The Hall–Kier alpha value is -2.70. The van der Waals surface area contributed by atoms with E-state index in [-0.39, 0.29) is 11.8 Å². The maximum absolute atomic E-state index is 8.43. The van der Waals surface area contributed by atoms with Gasteiger partial charge in [0.1, 0.15) is 5.70 Å². The Labute approximate surface area is 186 Å². The van der Waals surface area contributed by atoms with Crippen LogP contribution in [0.2, 0.25) is 0 Å². The largest absolute Gasteiger partial charge is 0.404 e. The van der Waals surface area contributed by atoms with Gasteiger partial charge in [0.2, 0.25) is 0 Å². The molecule has 0 aromatic rings. The Bertz CT molecular complexity index is 836. The molecule has 0 spiro atoms. The van der Waals surface area contributed by atoms with E-state index in [9.17, 15) is 0 Å². The Morgan fingerprint density at radius 3 is 2.40 bits per heavy atom. The first-order valence-corrected chi connectivity index (χ1v) is 10.5. The zero-order valence-electron chi connectivity index (χ0n) is 18.8. The van der Waals surface area contributed by atoms with E-state index in [0.29, 0.717) is 12.2 Å². The number of nitrogens with two attached hydrogens (primary N) is 2. The Balaban J connectivity index is 5.73. The van der Waals surface area contributed by atoms with Crippen LogP contribution in [0.3, 0.4) is 0 Å². The van der Waals surface area contributed by atoms with Crippen molar-refractivity contribution in [1.82, 2.24) is 0 Å². The number of nitrogens with zero attached hydrogens (tertiary/aromatic N) is 2. The molecule has 0 aromatic heterocycles. The zero-order valence-corrected chi connectivity index (χ0v) is 19.6. The lowest BCUT2D eigenvalue weighted by Crippen LogP contribution is -2.08. The van der Waals surface area contributed by atoms with Gasteiger partial charge in [-0.25, -0.2) is 4.99 Å². The summed E-state index contributed by atoms with van der Waals surface area (Å²) in [6, 6.07) is 0. The van der Waals surface area contributed by atoms with Crippen LogP contribution in [-0.2, 0) is 0 Å². The highest BCUT2D eigenvalue weighted by Gasteiger charge is 2.13. The second-order valence-corrected chi connectivity index (χ2v) is 7.68. The van der Waals surface area contributed by atoms with E-state index >= 15 is 0 Å². The van der Waals surface area contributed by atoms with E-state index < -0.39 is 0 Å². The fraction of sp³-hybridized carbons (Fsp3) is 0.292. The van der Waals surface area contributed by atoms with Crippen molar-refractivity contribution in [3.63, 3.8) is 0 Å². The molecule has 6 heteroatoms. The molecule has 1 atom stereocenters. The molecule has 5 nitrogen and oxygen atoms in total. The van der Waals surface area contributed by atoms with E-state index in [2.05, 4.69) is 23.1 Å². The molecular weight excluding hydrogens is 390 g/mol. The van der Waals surface area contributed by atoms with Gasteiger partial charge in [-0.15, -0.1) is 0 Å². The van der Waals surface area contributed by atoms with Crippen molar-refractivity contribution in [2.75, 3.05) is 6.54 Å². The summed E-state index contributed by atoms with van der Waals surface area (Å²) < 4.78 is 0. The molecule has 0 aliphatic rings. The van der Waals surface area contributed by atoms with Gasteiger partial charge in [-0.1, -0.05) is 61.7 Å². The van der Waals surface area contributed by atoms with E-state index in [0.717, 1.165) is 26.5 Å². The average molecular weight is 426 g/mol. The van der Waals surface area contributed by atoms with E-state index in [1.807, 2.05) is 58.9 Å². The van der Waals surface area contributed by atoms with E-state index in [1.54, 1.807) is 24.7 Å². The first-order valence-electron chi connectivity index (χ1n) is 9.69. The molecule has 1 unspecified atom stereocenters. The highest BCUT2D eigenvalue weighted by Crippen LogP contribution is 2.32. The molecule has 0 amide bonds. The molecule has 0 fully saturated rings. The number of amidine groups is 1. The molecule has 0 aliphatic heterocycles. The summed E-state index contributed by atoms with van der Waals surface area (Å²) in [5.74, 6) is -0.0226. The Kier molecular flexibility index (Phi) is 13.8. The Morgan fingerprint density at radius 1 is 1.23 bits per heavy atom. The summed E-state index contributed by atoms with van der Waals surface area (Å²) in [4.78, 5) is 10.6. The molecule has 5 N–H and O–H groups in total. The van der Waals surface area contributed by atoms with Gasteiger partial charge in [0, 0.05) is 29.8 Å². The van der Waals surface area contributed by atoms with Crippen LogP contribution in [0.5, 0.6) is 0 Å². The number of hydrogen-bond acceptors (Lipinski definition) is 5. The maximum atomic E-state index is 8.43. The number of hydrogen-bond donors (Lipinski definition) is 3. The minimum absolute atomic E-state index is 0.0794. The predicted octanol–water partition coefficient (Wildman–Crippen LogP) is 5.68. The van der Waals surface area contributed by atoms with Crippen LogP contribution in [0, 0.1) is 11.3 Å². The van der Waals surface area contributed by atoms with Crippen molar-refractivity contribution in [2.45, 2.75) is 34.6 Å². The summed E-state index contributed by atoms with van der Waals surface area (Å²) in [6.07, 6.45) is 14.3. The van der Waals surface area contributed by atoms with Gasteiger partial charge in [-0.05, 0) is 56.0 Å². The van der Waals surface area contributed by atoms with Gasteiger partial charge in [0.05, 0.1) is 0 Å². The lowest BCUT2D eigenvalue weighted by atomic mass is 10.0. The van der Waals surface area contributed by atoms with Crippen LogP contribution in [0.25, 0.3) is 0 Å². The number of allylic oxidation sites excluding steroid dienone is 8. The molecule has 0 saturated heterocycles. The molecule has 162 valence electrons. The van der Waals surface area contributed by atoms with Crippen LogP contribution in [0.4, 0.5) is 0 Å². The summed E-state index contributed by atoms with van der Waals surface area (Å²) in [5.41, 5.74) is 14.8. The molecule has 0 aliphatic carbocycles.